The number of carbonyl (C=O) groups is 1. The molecule has 0 N–H and O–H groups in total. The Morgan fingerprint density at radius 1 is 1.47 bits per heavy atom. The molecule has 0 bridgehead atoms. The summed E-state index contributed by atoms with van der Waals surface area (Å²) in [4.78, 5) is 11.6. The number of aromatic nitrogens is 2. The van der Waals surface area contributed by atoms with Crippen LogP contribution in [0.1, 0.15) is 16.9 Å². The van der Waals surface area contributed by atoms with Gasteiger partial charge in [0.1, 0.15) is 12.1 Å². The molecule has 2 rings (SSSR count). The number of benzene rings is 1. The van der Waals surface area contributed by atoms with Crippen molar-refractivity contribution in [1.29, 1.82) is 5.26 Å². The minimum Gasteiger partial charge on any atom is -0.291 e. The smallest absolute Gasteiger partial charge is 0.197 e. The summed E-state index contributed by atoms with van der Waals surface area (Å²) < 4.78 is 27.4. The molecule has 0 aliphatic carbocycles. The van der Waals surface area contributed by atoms with Crippen molar-refractivity contribution in [2.75, 3.05) is 0 Å². The van der Waals surface area contributed by atoms with Gasteiger partial charge in [-0.3, -0.25) is 9.48 Å². The lowest BCUT2D eigenvalue weighted by molar-refractivity contribution is 0.0994. The zero-order chi connectivity index (χ0) is 12.6. The van der Waals surface area contributed by atoms with Crippen LogP contribution in [-0.2, 0) is 7.05 Å². The van der Waals surface area contributed by atoms with Gasteiger partial charge < -0.3 is 0 Å². The zero-order valence-corrected chi connectivity index (χ0v) is 8.87. The van der Waals surface area contributed by atoms with Crippen LogP contribution in [-0.4, -0.2) is 15.6 Å². The standard InChI is InChI=1S/C11H7F2N3O/c1-16-9-5-8(13)7(12)4-6(9)11(15-16)10(17)2-3-14/h4-5H,2H2,1H3. The summed E-state index contributed by atoms with van der Waals surface area (Å²) in [6.45, 7) is 0. The second kappa shape index (κ2) is 3.94. The van der Waals surface area contributed by atoms with Gasteiger partial charge in [0.05, 0.1) is 11.6 Å². The third kappa shape index (κ3) is 1.76. The van der Waals surface area contributed by atoms with Crippen LogP contribution in [0.25, 0.3) is 10.9 Å². The molecule has 0 saturated carbocycles. The normalized spacial score (nSPS) is 10.5. The molecule has 0 unspecified atom stereocenters. The first-order chi connectivity index (χ1) is 8.04. The van der Waals surface area contributed by atoms with E-state index in [1.807, 2.05) is 0 Å². The molecular formula is C11H7F2N3O. The van der Waals surface area contributed by atoms with E-state index < -0.39 is 17.4 Å². The van der Waals surface area contributed by atoms with Gasteiger partial charge in [0, 0.05) is 18.5 Å². The summed E-state index contributed by atoms with van der Waals surface area (Å²) in [6.07, 6.45) is -0.342. The highest BCUT2D eigenvalue weighted by Gasteiger charge is 2.18. The molecule has 0 radical (unpaired) electrons. The number of nitrogens with zero attached hydrogens (tertiary/aromatic N) is 3. The van der Waals surface area contributed by atoms with E-state index in [1.165, 1.54) is 11.7 Å². The van der Waals surface area contributed by atoms with Gasteiger partial charge in [-0.1, -0.05) is 0 Å². The molecule has 1 aromatic heterocycles. The molecule has 4 nitrogen and oxygen atoms in total. The van der Waals surface area contributed by atoms with Crippen molar-refractivity contribution < 1.29 is 13.6 Å². The minimum absolute atomic E-state index is 0.0112. The molecule has 0 aliphatic heterocycles. The number of carbonyl (C=O) groups excluding carboxylic acids is 1. The van der Waals surface area contributed by atoms with Crippen LogP contribution in [0.2, 0.25) is 0 Å². The molecule has 1 heterocycles. The Bertz CT molecular complexity index is 655. The first-order valence-electron chi connectivity index (χ1n) is 4.76. The topological polar surface area (TPSA) is 58.7 Å². The molecule has 17 heavy (non-hydrogen) atoms. The highest BCUT2D eigenvalue weighted by molar-refractivity contribution is 6.06. The number of aryl methyl sites for hydroxylation is 1. The van der Waals surface area contributed by atoms with Crippen molar-refractivity contribution in [3.63, 3.8) is 0 Å². The Kier molecular flexibility index (Phi) is 2.60. The lowest BCUT2D eigenvalue weighted by atomic mass is 10.1. The Hall–Kier alpha value is -2.29. The van der Waals surface area contributed by atoms with E-state index in [0.29, 0.717) is 5.52 Å². The quantitative estimate of drug-likeness (QED) is 0.747. The fourth-order valence-electron chi connectivity index (χ4n) is 1.61. The van der Waals surface area contributed by atoms with Crippen LogP contribution in [0, 0.1) is 23.0 Å². The molecule has 0 aliphatic rings. The van der Waals surface area contributed by atoms with E-state index in [9.17, 15) is 13.6 Å². The Morgan fingerprint density at radius 2 is 2.12 bits per heavy atom. The van der Waals surface area contributed by atoms with Crippen molar-refractivity contribution in [2.24, 2.45) is 7.05 Å². The number of hydrogen-bond donors (Lipinski definition) is 0. The van der Waals surface area contributed by atoms with E-state index in [-0.39, 0.29) is 17.5 Å². The monoisotopic (exact) mass is 235 g/mol. The second-order valence-electron chi connectivity index (χ2n) is 3.51. The molecule has 1 aromatic carbocycles. The maximum Gasteiger partial charge on any atom is 0.197 e. The summed E-state index contributed by atoms with van der Waals surface area (Å²) in [6, 6.07) is 3.59. The van der Waals surface area contributed by atoms with Crippen LogP contribution in [0.4, 0.5) is 8.78 Å². The number of fused-ring (bicyclic) bond motifs is 1. The maximum atomic E-state index is 13.1. The average molecular weight is 235 g/mol. The van der Waals surface area contributed by atoms with Gasteiger partial charge in [-0.2, -0.15) is 10.4 Å². The molecule has 0 atom stereocenters. The third-order valence-electron chi connectivity index (χ3n) is 2.40. The summed E-state index contributed by atoms with van der Waals surface area (Å²) >= 11 is 0. The first kappa shape index (κ1) is 11.2. The van der Waals surface area contributed by atoms with Gasteiger partial charge in [0.15, 0.2) is 17.4 Å². The molecule has 0 fully saturated rings. The van der Waals surface area contributed by atoms with Crippen LogP contribution in [0.15, 0.2) is 12.1 Å². The summed E-state index contributed by atoms with van der Waals surface area (Å²) in [5, 5.41) is 12.5. The number of rotatable bonds is 2. The lowest BCUT2D eigenvalue weighted by Gasteiger charge is -1.95. The van der Waals surface area contributed by atoms with Gasteiger partial charge in [-0.15, -0.1) is 0 Å². The number of ketones is 1. The van der Waals surface area contributed by atoms with E-state index in [2.05, 4.69) is 5.10 Å². The van der Waals surface area contributed by atoms with Crippen LogP contribution in [0.5, 0.6) is 0 Å². The molecule has 0 saturated heterocycles. The number of halogens is 2. The van der Waals surface area contributed by atoms with Gasteiger partial charge in [0.2, 0.25) is 0 Å². The van der Waals surface area contributed by atoms with E-state index in [1.54, 1.807) is 6.07 Å². The largest absolute Gasteiger partial charge is 0.291 e. The van der Waals surface area contributed by atoms with Crippen molar-refractivity contribution in [1.82, 2.24) is 9.78 Å². The highest BCUT2D eigenvalue weighted by Crippen LogP contribution is 2.22. The van der Waals surface area contributed by atoms with E-state index >= 15 is 0 Å². The zero-order valence-electron chi connectivity index (χ0n) is 8.87. The van der Waals surface area contributed by atoms with E-state index in [0.717, 1.165) is 12.1 Å². The predicted octanol–water partition coefficient (Wildman–Crippen LogP) is 1.95. The Balaban J connectivity index is 2.71. The minimum atomic E-state index is -1.04. The molecule has 86 valence electrons. The molecule has 0 amide bonds. The molecule has 0 spiro atoms. The lowest BCUT2D eigenvalue weighted by Crippen LogP contribution is -2.00. The fraction of sp³-hybridized carbons (Fsp3) is 0.182. The number of hydrogen-bond acceptors (Lipinski definition) is 3. The van der Waals surface area contributed by atoms with Crippen molar-refractivity contribution in [3.05, 3.63) is 29.5 Å². The van der Waals surface area contributed by atoms with Crippen LogP contribution in [0.3, 0.4) is 0 Å². The number of Topliss-reactive ketones (excluding diaryl/α,β-unsaturated/α-hetero) is 1. The van der Waals surface area contributed by atoms with Crippen LogP contribution < -0.4 is 0 Å². The van der Waals surface area contributed by atoms with E-state index in [4.69, 9.17) is 5.26 Å². The third-order valence-corrected chi connectivity index (χ3v) is 2.40. The van der Waals surface area contributed by atoms with Crippen molar-refractivity contribution >= 4 is 16.7 Å². The Morgan fingerprint density at radius 3 is 2.76 bits per heavy atom. The van der Waals surface area contributed by atoms with Crippen molar-refractivity contribution in [2.45, 2.75) is 6.42 Å². The molecular weight excluding hydrogens is 228 g/mol. The predicted molar refractivity (Wildman–Crippen MR) is 55.2 cm³/mol. The Labute approximate surface area is 95.1 Å². The molecule has 6 heteroatoms. The summed E-state index contributed by atoms with van der Waals surface area (Å²) in [5.74, 6) is -2.56. The van der Waals surface area contributed by atoms with Crippen molar-refractivity contribution in [3.8, 4) is 6.07 Å². The first-order valence-corrected chi connectivity index (χ1v) is 4.76. The second-order valence-corrected chi connectivity index (χ2v) is 3.51. The van der Waals surface area contributed by atoms with Gasteiger partial charge in [-0.25, -0.2) is 8.78 Å². The summed E-state index contributed by atoms with van der Waals surface area (Å²) in [7, 11) is 1.52. The van der Waals surface area contributed by atoms with Gasteiger partial charge in [0.25, 0.3) is 0 Å². The fourth-order valence-corrected chi connectivity index (χ4v) is 1.61. The SMILES string of the molecule is Cn1nc(C(=O)CC#N)c2cc(F)c(F)cc21. The number of nitriles is 1. The maximum absolute atomic E-state index is 13.1. The highest BCUT2D eigenvalue weighted by atomic mass is 19.2. The molecule has 2 aromatic rings. The van der Waals surface area contributed by atoms with Gasteiger partial charge in [-0.05, 0) is 6.07 Å². The van der Waals surface area contributed by atoms with Gasteiger partial charge >= 0.3 is 0 Å². The average Bonchev–Trinajstić information content (AvgIpc) is 2.58. The van der Waals surface area contributed by atoms with Crippen LogP contribution >= 0.6 is 0 Å². The summed E-state index contributed by atoms with van der Waals surface area (Å²) in [5.41, 5.74) is 0.299.